The molecule has 0 radical (unpaired) electrons. The Morgan fingerprint density at radius 3 is 2.40 bits per heavy atom. The van der Waals surface area contributed by atoms with Gasteiger partial charge in [0.1, 0.15) is 23.1 Å². The molecule has 0 unspecified atom stereocenters. The predicted octanol–water partition coefficient (Wildman–Crippen LogP) is 5.22. The minimum absolute atomic E-state index is 0.0159. The third-order valence-corrected chi connectivity index (χ3v) is 7.56. The maximum Gasteiger partial charge on any atom is 0.282 e. The van der Waals surface area contributed by atoms with Crippen molar-refractivity contribution in [3.8, 4) is 11.1 Å². The summed E-state index contributed by atoms with van der Waals surface area (Å²) in [6.07, 6.45) is -0.152. The molecule has 0 aliphatic carbocycles. The number of morpholine rings is 1. The molecule has 3 heterocycles. The Bertz CT molecular complexity index is 1670. The number of hydrogen-bond donors (Lipinski definition) is 1. The first kappa shape index (κ1) is 31.9. The summed E-state index contributed by atoms with van der Waals surface area (Å²) < 4.78 is 76.7. The number of nitrogens with zero attached hydrogens (tertiary/aromatic N) is 4. The predicted molar refractivity (Wildman–Crippen MR) is 154 cm³/mol. The molecule has 2 aromatic heterocycles. The zero-order valence-corrected chi connectivity index (χ0v) is 24.1. The van der Waals surface area contributed by atoms with E-state index in [1.807, 2.05) is 4.90 Å². The van der Waals surface area contributed by atoms with E-state index in [2.05, 4.69) is 10.1 Å². The van der Waals surface area contributed by atoms with Crippen LogP contribution in [0, 0.1) is 17.5 Å². The molecule has 1 aliphatic heterocycles. The first-order valence-corrected chi connectivity index (χ1v) is 14.2. The molecule has 13 heteroatoms. The van der Waals surface area contributed by atoms with Gasteiger partial charge in [0, 0.05) is 61.6 Å². The van der Waals surface area contributed by atoms with Gasteiger partial charge in [0.2, 0.25) is 0 Å². The van der Waals surface area contributed by atoms with Gasteiger partial charge in [-0.2, -0.15) is 5.10 Å². The number of carbonyl (C=O) groups is 2. The third-order valence-electron chi connectivity index (χ3n) is 7.56. The largest absolute Gasteiger partial charge is 0.379 e. The summed E-state index contributed by atoms with van der Waals surface area (Å²) in [5.74, 6) is -4.54. The van der Waals surface area contributed by atoms with Crippen molar-refractivity contribution in [1.82, 2.24) is 19.7 Å². The zero-order valence-electron chi connectivity index (χ0n) is 24.1. The van der Waals surface area contributed by atoms with Crippen LogP contribution in [-0.2, 0) is 29.0 Å². The van der Waals surface area contributed by atoms with E-state index < -0.39 is 47.2 Å². The molecule has 8 nitrogen and oxygen atoms in total. The van der Waals surface area contributed by atoms with E-state index in [0.29, 0.717) is 48.7 Å². The summed E-state index contributed by atoms with van der Waals surface area (Å²) in [5.41, 5.74) is 6.33. The molecule has 1 saturated heterocycles. The van der Waals surface area contributed by atoms with Gasteiger partial charge in [-0.15, -0.1) is 0 Å². The van der Waals surface area contributed by atoms with Crippen molar-refractivity contribution < 1.29 is 36.3 Å². The fourth-order valence-corrected chi connectivity index (χ4v) is 5.53. The van der Waals surface area contributed by atoms with Crippen molar-refractivity contribution in [1.29, 1.82) is 0 Å². The van der Waals surface area contributed by atoms with Gasteiger partial charge in [0.25, 0.3) is 12.3 Å². The number of rotatable bonds is 12. The maximum absolute atomic E-state index is 14.3. The lowest BCUT2D eigenvalue weighted by molar-refractivity contribution is -0.120. The smallest absolute Gasteiger partial charge is 0.282 e. The number of amides is 1. The maximum atomic E-state index is 14.3. The number of hydrogen-bond acceptors (Lipinski definition) is 6. The Hall–Kier alpha value is -4.49. The summed E-state index contributed by atoms with van der Waals surface area (Å²) in [6, 6.07) is 10.1. The summed E-state index contributed by atoms with van der Waals surface area (Å²) in [4.78, 5) is 31.7. The quantitative estimate of drug-likeness (QED) is 0.216. The number of halogens is 5. The lowest BCUT2D eigenvalue weighted by Crippen LogP contribution is -2.35. The van der Waals surface area contributed by atoms with Gasteiger partial charge in [-0.1, -0.05) is 12.1 Å². The molecule has 2 aromatic carbocycles. The lowest BCUT2D eigenvalue weighted by Gasteiger charge is -2.26. The standard InChI is InChI=1S/C32H30F5N5O3/c33-23-11-19(12-24(34)15-23)10-21(29-26(2-1-5-39-29)20-3-4-28(35)27(14-20)32(38)44)13-25(43)18-42-17-22(30(40-42)31(36)37)16-41-6-8-45-9-7-41/h1-5,11-12,14-15,17,21,31H,6-10,13,16,18H2,(H2,38,44)/t21-/m1/s1. The van der Waals surface area contributed by atoms with E-state index in [1.54, 1.807) is 12.1 Å². The van der Waals surface area contributed by atoms with Crippen LogP contribution in [0.15, 0.2) is 60.9 Å². The Morgan fingerprint density at radius 1 is 0.978 bits per heavy atom. The number of nitrogens with two attached hydrogens (primary N) is 1. The van der Waals surface area contributed by atoms with E-state index in [-0.39, 0.29) is 37.1 Å². The molecule has 0 spiro atoms. The highest BCUT2D eigenvalue weighted by molar-refractivity contribution is 5.94. The summed E-state index contributed by atoms with van der Waals surface area (Å²) >= 11 is 0. The van der Waals surface area contributed by atoms with E-state index >= 15 is 0 Å². The molecule has 1 fully saturated rings. The van der Waals surface area contributed by atoms with Crippen molar-refractivity contribution in [2.45, 2.75) is 38.3 Å². The van der Waals surface area contributed by atoms with Crippen molar-refractivity contribution in [2.24, 2.45) is 5.73 Å². The van der Waals surface area contributed by atoms with Crippen LogP contribution in [-0.4, -0.2) is 57.7 Å². The van der Waals surface area contributed by atoms with Gasteiger partial charge in [0.05, 0.1) is 31.0 Å². The molecular formula is C32H30F5N5O3. The molecule has 45 heavy (non-hydrogen) atoms. The number of ketones is 1. The van der Waals surface area contributed by atoms with Gasteiger partial charge < -0.3 is 10.5 Å². The second-order valence-corrected chi connectivity index (χ2v) is 10.8. The Kier molecular flexibility index (Phi) is 9.99. The molecule has 0 bridgehead atoms. The van der Waals surface area contributed by atoms with E-state index in [4.69, 9.17) is 10.5 Å². The zero-order chi connectivity index (χ0) is 32.1. The van der Waals surface area contributed by atoms with Crippen molar-refractivity contribution in [3.63, 3.8) is 0 Å². The van der Waals surface area contributed by atoms with Gasteiger partial charge >= 0.3 is 0 Å². The molecule has 1 amide bonds. The fraction of sp³-hybridized carbons (Fsp3) is 0.312. The number of alkyl halides is 2. The van der Waals surface area contributed by atoms with Crippen LogP contribution >= 0.6 is 0 Å². The fourth-order valence-electron chi connectivity index (χ4n) is 5.53. The molecular weight excluding hydrogens is 597 g/mol. The molecule has 0 saturated carbocycles. The number of carbonyl (C=O) groups excluding carboxylic acids is 2. The second kappa shape index (κ2) is 14.1. The first-order valence-electron chi connectivity index (χ1n) is 14.2. The lowest BCUT2D eigenvalue weighted by atomic mass is 9.86. The highest BCUT2D eigenvalue weighted by atomic mass is 19.3. The van der Waals surface area contributed by atoms with Crippen LogP contribution in [0.2, 0.25) is 0 Å². The van der Waals surface area contributed by atoms with Gasteiger partial charge in [-0.3, -0.25) is 24.2 Å². The van der Waals surface area contributed by atoms with E-state index in [1.165, 1.54) is 29.2 Å². The number of ether oxygens (including phenoxy) is 1. The molecule has 1 atom stereocenters. The van der Waals surface area contributed by atoms with Crippen molar-refractivity contribution in [2.75, 3.05) is 26.3 Å². The topological polar surface area (TPSA) is 103 Å². The highest BCUT2D eigenvalue weighted by Crippen LogP contribution is 2.33. The van der Waals surface area contributed by atoms with Crippen LogP contribution in [0.25, 0.3) is 11.1 Å². The van der Waals surface area contributed by atoms with Crippen molar-refractivity contribution in [3.05, 3.63) is 106 Å². The normalized spacial score (nSPS) is 14.5. The number of primary amides is 1. The molecule has 4 aromatic rings. The van der Waals surface area contributed by atoms with Crippen LogP contribution in [0.4, 0.5) is 22.0 Å². The Labute approximate surface area is 255 Å². The summed E-state index contributed by atoms with van der Waals surface area (Å²) in [5, 5.41) is 4.00. The van der Waals surface area contributed by atoms with Crippen LogP contribution in [0.1, 0.15) is 51.6 Å². The second-order valence-electron chi connectivity index (χ2n) is 10.8. The molecule has 236 valence electrons. The Morgan fingerprint density at radius 2 is 1.71 bits per heavy atom. The highest BCUT2D eigenvalue weighted by Gasteiger charge is 2.26. The van der Waals surface area contributed by atoms with Gasteiger partial charge in [0.15, 0.2) is 5.78 Å². The van der Waals surface area contributed by atoms with E-state index in [9.17, 15) is 31.5 Å². The molecule has 2 N–H and O–H groups in total. The summed E-state index contributed by atoms with van der Waals surface area (Å²) in [7, 11) is 0. The van der Waals surface area contributed by atoms with Crippen LogP contribution in [0.5, 0.6) is 0 Å². The average Bonchev–Trinajstić information content (AvgIpc) is 3.39. The molecule has 1 aliphatic rings. The van der Waals surface area contributed by atoms with Gasteiger partial charge in [-0.25, -0.2) is 22.0 Å². The van der Waals surface area contributed by atoms with Gasteiger partial charge in [-0.05, 0) is 47.9 Å². The van der Waals surface area contributed by atoms with Crippen LogP contribution < -0.4 is 5.73 Å². The first-order chi connectivity index (χ1) is 21.6. The Balaban J connectivity index is 1.45. The SMILES string of the molecule is NC(=O)c1cc(-c2cccnc2[C@@H](CC(=O)Cn2cc(CN3CCOCC3)c(C(F)F)n2)Cc2cc(F)cc(F)c2)ccc1F. The summed E-state index contributed by atoms with van der Waals surface area (Å²) in [6.45, 7) is 2.04. The molecule has 5 rings (SSSR count). The average molecular weight is 628 g/mol. The number of pyridine rings is 1. The number of Topliss-reactive ketones (excluding diaryl/α,β-unsaturated/α-hetero) is 1. The third kappa shape index (κ3) is 7.97. The number of aromatic nitrogens is 3. The number of benzene rings is 2. The van der Waals surface area contributed by atoms with Crippen molar-refractivity contribution >= 4 is 11.7 Å². The monoisotopic (exact) mass is 627 g/mol. The van der Waals surface area contributed by atoms with E-state index in [0.717, 1.165) is 24.3 Å². The minimum atomic E-state index is -2.84. The minimum Gasteiger partial charge on any atom is -0.379 e. The van der Waals surface area contributed by atoms with Crippen LogP contribution in [0.3, 0.4) is 0 Å².